The highest BCUT2D eigenvalue weighted by atomic mass is 19.4. The first-order valence-electron chi connectivity index (χ1n) is 5.06. The lowest BCUT2D eigenvalue weighted by molar-refractivity contribution is -0.156. The molecule has 0 saturated heterocycles. The zero-order valence-electron chi connectivity index (χ0n) is 8.88. The summed E-state index contributed by atoms with van der Waals surface area (Å²) < 4.78 is 40.9. The summed E-state index contributed by atoms with van der Waals surface area (Å²) >= 11 is 0. The van der Waals surface area contributed by atoms with Crippen molar-refractivity contribution in [2.45, 2.75) is 44.1 Å². The second kappa shape index (κ2) is 5.01. The number of nitrogens with one attached hydrogen (secondary N) is 1. The fraction of sp³-hybridized carbons (Fsp3) is 0.889. The van der Waals surface area contributed by atoms with E-state index in [2.05, 4.69) is 5.32 Å². The van der Waals surface area contributed by atoms with Crippen molar-refractivity contribution < 1.29 is 22.7 Å². The summed E-state index contributed by atoms with van der Waals surface area (Å²) in [6.07, 6.45) is -5.67. The van der Waals surface area contributed by atoms with Crippen molar-refractivity contribution in [3.05, 3.63) is 0 Å². The molecule has 7 heteroatoms. The Labute approximate surface area is 91.3 Å². The molecule has 1 aliphatic rings. The van der Waals surface area contributed by atoms with E-state index in [1.807, 2.05) is 0 Å². The van der Waals surface area contributed by atoms with Gasteiger partial charge in [0.25, 0.3) is 0 Å². The van der Waals surface area contributed by atoms with Gasteiger partial charge in [-0.2, -0.15) is 13.2 Å². The first-order chi connectivity index (χ1) is 7.33. The lowest BCUT2D eigenvalue weighted by Crippen LogP contribution is -2.65. The summed E-state index contributed by atoms with van der Waals surface area (Å²) in [5.74, 6) is -1.06. The van der Waals surface area contributed by atoms with Crippen molar-refractivity contribution in [1.82, 2.24) is 5.32 Å². The highest BCUT2D eigenvalue weighted by molar-refractivity contribution is 5.77. The van der Waals surface area contributed by atoms with Gasteiger partial charge < -0.3 is 15.8 Å². The molecule has 94 valence electrons. The Balaban J connectivity index is 2.38. The second-order valence-corrected chi connectivity index (χ2v) is 3.78. The lowest BCUT2D eigenvalue weighted by Gasteiger charge is -2.42. The van der Waals surface area contributed by atoms with Crippen LogP contribution in [0.15, 0.2) is 0 Å². The summed E-state index contributed by atoms with van der Waals surface area (Å²) in [5, 5.41) is 2.25. The van der Waals surface area contributed by atoms with Crippen LogP contribution >= 0.6 is 0 Å². The predicted octanol–water partition coefficient (Wildman–Crippen LogP) is 0.560. The third-order valence-electron chi connectivity index (χ3n) is 2.44. The van der Waals surface area contributed by atoms with E-state index in [4.69, 9.17) is 10.5 Å². The standard InChI is InChI=1S/C9H15F3N2O2/c1-2-16-6-3-5(13)8(6)14-7(15)4-9(10,11)12/h5-6,8H,2-4,13H2,1H3,(H,14,15). The highest BCUT2D eigenvalue weighted by Crippen LogP contribution is 2.24. The molecule has 0 aromatic rings. The van der Waals surface area contributed by atoms with Crippen LogP contribution < -0.4 is 11.1 Å². The molecule has 0 bridgehead atoms. The van der Waals surface area contributed by atoms with Gasteiger partial charge in [-0.3, -0.25) is 4.79 Å². The predicted molar refractivity (Wildman–Crippen MR) is 50.6 cm³/mol. The maximum absolute atomic E-state index is 11.9. The molecule has 0 aliphatic heterocycles. The van der Waals surface area contributed by atoms with Gasteiger partial charge in [-0.05, 0) is 13.3 Å². The Morgan fingerprint density at radius 2 is 2.19 bits per heavy atom. The molecule has 3 atom stereocenters. The number of carbonyl (C=O) groups excluding carboxylic acids is 1. The number of hydrogen-bond acceptors (Lipinski definition) is 3. The first kappa shape index (κ1) is 13.2. The summed E-state index contributed by atoms with van der Waals surface area (Å²) in [5.41, 5.74) is 5.58. The fourth-order valence-electron chi connectivity index (χ4n) is 1.65. The van der Waals surface area contributed by atoms with Gasteiger partial charge in [0.15, 0.2) is 0 Å². The lowest BCUT2D eigenvalue weighted by atomic mass is 9.83. The number of halogens is 3. The van der Waals surface area contributed by atoms with Crippen LogP contribution in [0.4, 0.5) is 13.2 Å². The van der Waals surface area contributed by atoms with Crippen LogP contribution in [-0.4, -0.2) is 36.9 Å². The van der Waals surface area contributed by atoms with Crippen molar-refractivity contribution in [1.29, 1.82) is 0 Å². The van der Waals surface area contributed by atoms with Gasteiger partial charge in [0, 0.05) is 12.6 Å². The molecule has 0 aromatic heterocycles. The van der Waals surface area contributed by atoms with Crippen LogP contribution in [-0.2, 0) is 9.53 Å². The number of carbonyl (C=O) groups is 1. The van der Waals surface area contributed by atoms with E-state index in [0.717, 1.165) is 0 Å². The third kappa shape index (κ3) is 3.64. The van der Waals surface area contributed by atoms with E-state index in [1.54, 1.807) is 6.92 Å². The topological polar surface area (TPSA) is 64.3 Å². The van der Waals surface area contributed by atoms with Crippen molar-refractivity contribution in [2.75, 3.05) is 6.61 Å². The van der Waals surface area contributed by atoms with Gasteiger partial charge in [-0.1, -0.05) is 0 Å². The molecule has 0 spiro atoms. The van der Waals surface area contributed by atoms with E-state index in [1.165, 1.54) is 0 Å². The molecule has 0 aromatic carbocycles. The number of hydrogen-bond donors (Lipinski definition) is 2. The summed E-state index contributed by atoms with van der Waals surface area (Å²) in [7, 11) is 0. The SMILES string of the molecule is CCOC1CC(N)C1NC(=O)CC(F)(F)F. The molecular formula is C9H15F3N2O2. The molecule has 1 fully saturated rings. The molecule has 4 nitrogen and oxygen atoms in total. The van der Waals surface area contributed by atoms with E-state index in [9.17, 15) is 18.0 Å². The molecule has 1 saturated carbocycles. The van der Waals surface area contributed by atoms with Crippen molar-refractivity contribution >= 4 is 5.91 Å². The molecule has 3 unspecified atom stereocenters. The van der Waals surface area contributed by atoms with Crippen LogP contribution in [0.1, 0.15) is 19.8 Å². The number of alkyl halides is 3. The molecule has 1 aliphatic carbocycles. The number of amides is 1. The molecule has 1 rings (SSSR count). The monoisotopic (exact) mass is 240 g/mol. The smallest absolute Gasteiger partial charge is 0.376 e. The number of rotatable bonds is 4. The van der Waals surface area contributed by atoms with Gasteiger partial charge in [0.1, 0.15) is 6.42 Å². The molecule has 1 amide bonds. The maximum atomic E-state index is 11.9. The maximum Gasteiger partial charge on any atom is 0.397 e. The second-order valence-electron chi connectivity index (χ2n) is 3.78. The Hall–Kier alpha value is -0.820. The Morgan fingerprint density at radius 3 is 2.62 bits per heavy atom. The summed E-state index contributed by atoms with van der Waals surface area (Å²) in [4.78, 5) is 11.0. The molecular weight excluding hydrogens is 225 g/mol. The van der Waals surface area contributed by atoms with Gasteiger partial charge in [-0.15, -0.1) is 0 Å². The Bertz CT molecular complexity index is 256. The van der Waals surface area contributed by atoms with Crippen LogP contribution in [0.5, 0.6) is 0 Å². The largest absolute Gasteiger partial charge is 0.397 e. The number of nitrogens with two attached hydrogens (primary N) is 1. The van der Waals surface area contributed by atoms with Crippen molar-refractivity contribution in [3.8, 4) is 0 Å². The van der Waals surface area contributed by atoms with E-state index >= 15 is 0 Å². The Kier molecular flexibility index (Phi) is 4.15. The van der Waals surface area contributed by atoms with E-state index in [0.29, 0.717) is 13.0 Å². The van der Waals surface area contributed by atoms with Crippen molar-refractivity contribution in [3.63, 3.8) is 0 Å². The van der Waals surface area contributed by atoms with Crippen LogP contribution in [0.25, 0.3) is 0 Å². The molecule has 0 heterocycles. The van der Waals surface area contributed by atoms with Gasteiger partial charge in [0.05, 0.1) is 12.1 Å². The minimum atomic E-state index is -4.49. The van der Waals surface area contributed by atoms with E-state index in [-0.39, 0.29) is 12.1 Å². The third-order valence-corrected chi connectivity index (χ3v) is 2.44. The van der Waals surface area contributed by atoms with Gasteiger partial charge in [0.2, 0.25) is 5.91 Å². The summed E-state index contributed by atoms with van der Waals surface area (Å²) in [6.45, 7) is 2.22. The summed E-state index contributed by atoms with van der Waals surface area (Å²) in [6, 6.07) is -0.830. The van der Waals surface area contributed by atoms with Gasteiger partial charge >= 0.3 is 6.18 Å². The van der Waals surface area contributed by atoms with Crippen LogP contribution in [0, 0.1) is 0 Å². The zero-order valence-corrected chi connectivity index (χ0v) is 8.88. The van der Waals surface area contributed by atoms with Gasteiger partial charge in [-0.25, -0.2) is 0 Å². The zero-order chi connectivity index (χ0) is 12.3. The quantitative estimate of drug-likeness (QED) is 0.754. The number of ether oxygens (including phenoxy) is 1. The van der Waals surface area contributed by atoms with Crippen LogP contribution in [0.2, 0.25) is 0 Å². The molecule has 3 N–H and O–H groups in total. The molecule has 16 heavy (non-hydrogen) atoms. The average molecular weight is 240 g/mol. The Morgan fingerprint density at radius 1 is 1.56 bits per heavy atom. The van der Waals surface area contributed by atoms with Crippen LogP contribution in [0.3, 0.4) is 0 Å². The first-order valence-corrected chi connectivity index (χ1v) is 5.06. The fourth-order valence-corrected chi connectivity index (χ4v) is 1.65. The minimum Gasteiger partial charge on any atom is -0.376 e. The minimum absolute atomic E-state index is 0.266. The van der Waals surface area contributed by atoms with Crippen molar-refractivity contribution in [2.24, 2.45) is 5.73 Å². The molecule has 0 radical (unpaired) electrons. The highest BCUT2D eigenvalue weighted by Gasteiger charge is 2.41. The normalized spacial score (nSPS) is 29.7. The van der Waals surface area contributed by atoms with E-state index < -0.39 is 24.5 Å². The average Bonchev–Trinajstić information content (AvgIpc) is 2.11.